The summed E-state index contributed by atoms with van der Waals surface area (Å²) in [5.74, 6) is 2.16. The van der Waals surface area contributed by atoms with Crippen LogP contribution in [-0.2, 0) is 12.3 Å². The molecule has 0 aliphatic rings. The van der Waals surface area contributed by atoms with E-state index in [-0.39, 0.29) is 5.91 Å². The summed E-state index contributed by atoms with van der Waals surface area (Å²) in [6.45, 7) is 4.22. The van der Waals surface area contributed by atoms with E-state index >= 15 is 0 Å². The maximum atomic E-state index is 13.1. The topological polar surface area (TPSA) is 64.4 Å². The number of thioether (sulfide) groups is 1. The van der Waals surface area contributed by atoms with E-state index in [4.69, 9.17) is 9.26 Å². The van der Waals surface area contributed by atoms with Gasteiger partial charge in [-0.15, -0.1) is 11.8 Å². The molecule has 0 bridgehead atoms. The smallest absolute Gasteiger partial charge is 0.252 e. The number of carbonyl (C=O) groups is 1. The predicted molar refractivity (Wildman–Crippen MR) is 124 cm³/mol. The molecule has 5 nitrogen and oxygen atoms in total. The van der Waals surface area contributed by atoms with Gasteiger partial charge in [0.05, 0.1) is 18.4 Å². The van der Waals surface area contributed by atoms with Gasteiger partial charge in [0.1, 0.15) is 11.5 Å². The van der Waals surface area contributed by atoms with Crippen molar-refractivity contribution in [2.45, 2.75) is 31.0 Å². The number of nitrogens with zero attached hydrogens (tertiary/aromatic N) is 1. The fourth-order valence-corrected chi connectivity index (χ4v) is 4.79. The fourth-order valence-electron chi connectivity index (χ4n) is 3.59. The van der Waals surface area contributed by atoms with Crippen LogP contribution < -0.4 is 10.1 Å². The van der Waals surface area contributed by atoms with E-state index in [1.807, 2.05) is 68.4 Å². The van der Waals surface area contributed by atoms with Crippen molar-refractivity contribution in [2.24, 2.45) is 0 Å². The van der Waals surface area contributed by atoms with E-state index in [0.29, 0.717) is 17.9 Å². The molecule has 0 radical (unpaired) electrons. The highest BCUT2D eigenvalue weighted by Crippen LogP contribution is 2.30. The summed E-state index contributed by atoms with van der Waals surface area (Å²) < 4.78 is 10.8. The molecule has 1 N–H and O–H groups in total. The van der Waals surface area contributed by atoms with Crippen LogP contribution in [0, 0.1) is 13.8 Å². The highest BCUT2D eigenvalue weighted by molar-refractivity contribution is 7.98. The van der Waals surface area contributed by atoms with Crippen LogP contribution in [0.1, 0.15) is 32.9 Å². The highest BCUT2D eigenvalue weighted by atomic mass is 32.2. The monoisotopic (exact) mass is 432 g/mol. The molecule has 1 amide bonds. The molecule has 3 aromatic carbocycles. The lowest BCUT2D eigenvalue weighted by atomic mass is 10.0. The zero-order chi connectivity index (χ0) is 21.8. The molecule has 158 valence electrons. The lowest BCUT2D eigenvalue weighted by Gasteiger charge is -2.14. The van der Waals surface area contributed by atoms with Gasteiger partial charge in [0.2, 0.25) is 0 Å². The van der Waals surface area contributed by atoms with Gasteiger partial charge >= 0.3 is 0 Å². The van der Waals surface area contributed by atoms with Gasteiger partial charge in [-0.05, 0) is 42.8 Å². The molecule has 4 aromatic rings. The molecule has 0 aliphatic heterocycles. The molecule has 0 atom stereocenters. The summed E-state index contributed by atoms with van der Waals surface area (Å²) in [6, 6.07) is 19.7. The van der Waals surface area contributed by atoms with Gasteiger partial charge < -0.3 is 14.6 Å². The molecule has 0 spiro atoms. The third kappa shape index (κ3) is 4.44. The van der Waals surface area contributed by atoms with Crippen LogP contribution in [0.3, 0.4) is 0 Å². The maximum Gasteiger partial charge on any atom is 0.252 e. The van der Waals surface area contributed by atoms with Crippen LogP contribution in [0.4, 0.5) is 0 Å². The number of fused-ring (bicyclic) bond motifs is 1. The Morgan fingerprint density at radius 3 is 2.58 bits per heavy atom. The Kier molecular flexibility index (Phi) is 6.28. The normalized spacial score (nSPS) is 10.9. The van der Waals surface area contributed by atoms with Crippen molar-refractivity contribution in [3.05, 3.63) is 88.8 Å². The van der Waals surface area contributed by atoms with E-state index in [0.717, 1.165) is 44.0 Å². The average Bonchev–Trinajstić information content (AvgIpc) is 3.12. The molecule has 0 saturated carbocycles. The van der Waals surface area contributed by atoms with Gasteiger partial charge in [-0.25, -0.2) is 0 Å². The predicted octanol–water partition coefficient (Wildman–Crippen LogP) is 5.68. The zero-order valence-electron chi connectivity index (χ0n) is 17.8. The van der Waals surface area contributed by atoms with Crippen LogP contribution in [-0.4, -0.2) is 18.2 Å². The number of hydrogen-bond acceptors (Lipinski definition) is 5. The van der Waals surface area contributed by atoms with Crippen molar-refractivity contribution >= 4 is 28.4 Å². The molecular weight excluding hydrogens is 408 g/mol. The lowest BCUT2D eigenvalue weighted by molar-refractivity contribution is 0.0948. The van der Waals surface area contributed by atoms with Crippen LogP contribution in [0.25, 0.3) is 10.8 Å². The summed E-state index contributed by atoms with van der Waals surface area (Å²) in [5, 5.41) is 9.27. The zero-order valence-corrected chi connectivity index (χ0v) is 18.6. The number of methoxy groups -OCH3 is 1. The van der Waals surface area contributed by atoms with Gasteiger partial charge in [-0.3, -0.25) is 4.79 Å². The summed E-state index contributed by atoms with van der Waals surface area (Å²) in [5.41, 5.74) is 3.57. The van der Waals surface area contributed by atoms with Crippen molar-refractivity contribution in [2.75, 3.05) is 7.11 Å². The number of aromatic nitrogens is 1. The van der Waals surface area contributed by atoms with E-state index in [9.17, 15) is 4.79 Å². The Morgan fingerprint density at radius 2 is 1.81 bits per heavy atom. The van der Waals surface area contributed by atoms with E-state index in [2.05, 4.69) is 16.5 Å². The van der Waals surface area contributed by atoms with Gasteiger partial charge in [0.15, 0.2) is 0 Å². The molecule has 0 saturated heterocycles. The Morgan fingerprint density at radius 1 is 1.03 bits per heavy atom. The van der Waals surface area contributed by atoms with Gasteiger partial charge in [-0.2, -0.15) is 0 Å². The first kappa shape index (κ1) is 21.0. The first-order valence-corrected chi connectivity index (χ1v) is 11.0. The quantitative estimate of drug-likeness (QED) is 0.381. The third-order valence-electron chi connectivity index (χ3n) is 5.33. The van der Waals surface area contributed by atoms with Crippen molar-refractivity contribution < 1.29 is 14.1 Å². The minimum Gasteiger partial charge on any atom is -0.496 e. The van der Waals surface area contributed by atoms with Crippen molar-refractivity contribution in [1.29, 1.82) is 0 Å². The number of ether oxygens (including phenoxy) is 1. The summed E-state index contributed by atoms with van der Waals surface area (Å²) in [6.07, 6.45) is 0. The largest absolute Gasteiger partial charge is 0.496 e. The van der Waals surface area contributed by atoms with Crippen LogP contribution in [0.2, 0.25) is 0 Å². The molecule has 0 aliphatic carbocycles. The first-order valence-electron chi connectivity index (χ1n) is 10.0. The van der Waals surface area contributed by atoms with Crippen molar-refractivity contribution in [3.63, 3.8) is 0 Å². The average molecular weight is 433 g/mol. The lowest BCUT2D eigenvalue weighted by Crippen LogP contribution is -2.23. The number of hydrogen-bond donors (Lipinski definition) is 1. The number of benzene rings is 3. The van der Waals surface area contributed by atoms with Crippen molar-refractivity contribution in [3.8, 4) is 5.75 Å². The van der Waals surface area contributed by atoms with Gasteiger partial charge in [0, 0.05) is 28.3 Å². The second kappa shape index (κ2) is 9.27. The van der Waals surface area contributed by atoms with Crippen molar-refractivity contribution in [1.82, 2.24) is 10.5 Å². The van der Waals surface area contributed by atoms with Crippen LogP contribution in [0.15, 0.2) is 70.1 Å². The molecular formula is C25H24N2O3S. The molecule has 6 heteroatoms. The molecule has 0 unspecified atom stereocenters. The van der Waals surface area contributed by atoms with Crippen LogP contribution >= 0.6 is 11.8 Å². The van der Waals surface area contributed by atoms with Gasteiger partial charge in [-0.1, -0.05) is 47.6 Å². The minimum atomic E-state index is -0.114. The standard InChI is InChI=1S/C25H24N2O3S/c1-16-22(17(2)30-27-16)15-31-24-11-7-6-10-20(24)25(28)26-14-21-19-9-5-4-8-18(19)12-13-23(21)29-3/h4-13H,14-15H2,1-3H3,(H,26,28). The molecule has 31 heavy (non-hydrogen) atoms. The highest BCUT2D eigenvalue weighted by Gasteiger charge is 2.16. The Balaban J connectivity index is 1.53. The maximum absolute atomic E-state index is 13.1. The molecule has 0 fully saturated rings. The molecule has 4 rings (SSSR count). The Labute approximate surface area is 185 Å². The number of amides is 1. The molecule has 1 heterocycles. The fraction of sp³-hybridized carbons (Fsp3) is 0.200. The van der Waals surface area contributed by atoms with E-state index in [1.54, 1.807) is 18.9 Å². The van der Waals surface area contributed by atoms with Crippen LogP contribution in [0.5, 0.6) is 5.75 Å². The molecule has 1 aromatic heterocycles. The minimum absolute atomic E-state index is 0.114. The SMILES string of the molecule is COc1ccc2ccccc2c1CNC(=O)c1ccccc1SCc1c(C)noc1C. The number of nitrogens with one attached hydrogen (secondary N) is 1. The second-order valence-corrected chi connectivity index (χ2v) is 8.25. The summed E-state index contributed by atoms with van der Waals surface area (Å²) in [4.78, 5) is 14.0. The summed E-state index contributed by atoms with van der Waals surface area (Å²) >= 11 is 1.61. The van der Waals surface area contributed by atoms with Gasteiger partial charge in [0.25, 0.3) is 5.91 Å². The Hall–Kier alpha value is -3.25. The Bertz CT molecular complexity index is 1210. The number of carbonyl (C=O) groups excluding carboxylic acids is 1. The van der Waals surface area contributed by atoms with E-state index < -0.39 is 0 Å². The first-order chi connectivity index (χ1) is 15.1. The number of aryl methyl sites for hydroxylation is 2. The number of rotatable bonds is 7. The second-order valence-electron chi connectivity index (χ2n) is 7.24. The summed E-state index contributed by atoms with van der Waals surface area (Å²) in [7, 11) is 1.65. The van der Waals surface area contributed by atoms with E-state index in [1.165, 1.54) is 0 Å². The third-order valence-corrected chi connectivity index (χ3v) is 6.43.